The first-order chi connectivity index (χ1) is 11.8. The summed E-state index contributed by atoms with van der Waals surface area (Å²) in [6.07, 6.45) is 7.02. The molecule has 3 aromatic heterocycles. The minimum Gasteiger partial charge on any atom is -0.346 e. The van der Waals surface area contributed by atoms with Gasteiger partial charge in [0, 0.05) is 36.4 Å². The van der Waals surface area contributed by atoms with Crippen LogP contribution in [0.1, 0.15) is 26.8 Å². The first-order valence-corrected chi connectivity index (χ1v) is 9.54. The fraction of sp³-hybridized carbons (Fsp3) is 0.438. The zero-order chi connectivity index (χ0) is 17.8. The molecule has 0 amide bonds. The molecule has 3 aromatic rings. The number of nitrogens with one attached hydrogen (secondary N) is 1. The Kier molecular flexibility index (Phi) is 3.48. The molecule has 0 unspecified atom stereocenters. The van der Waals surface area contributed by atoms with Gasteiger partial charge in [-0.05, 0) is 26.8 Å². The van der Waals surface area contributed by atoms with E-state index in [1.165, 1.54) is 10.6 Å². The smallest absolute Gasteiger partial charge is 0.219 e. The van der Waals surface area contributed by atoms with E-state index in [2.05, 4.69) is 20.1 Å². The Bertz CT molecular complexity index is 1020. The SMILES string of the molecule is CC(C)(C)S(=O)(=O)N1CC(n2cc(-c3ncnc4[nH]ccc34)cn2)C1. The molecule has 0 saturated carbocycles. The zero-order valence-corrected chi connectivity index (χ0v) is 15.2. The molecule has 8 nitrogen and oxygen atoms in total. The molecule has 25 heavy (non-hydrogen) atoms. The largest absolute Gasteiger partial charge is 0.346 e. The van der Waals surface area contributed by atoms with E-state index >= 15 is 0 Å². The first kappa shape index (κ1) is 16.2. The summed E-state index contributed by atoms with van der Waals surface area (Å²) in [5, 5.41) is 5.35. The number of rotatable bonds is 3. The number of aromatic amines is 1. The molecular formula is C16H20N6O2S. The molecule has 1 N–H and O–H groups in total. The van der Waals surface area contributed by atoms with Crippen molar-refractivity contribution in [2.75, 3.05) is 13.1 Å². The lowest BCUT2D eigenvalue weighted by molar-refractivity contribution is 0.187. The fourth-order valence-corrected chi connectivity index (χ4v) is 4.44. The number of hydrogen-bond acceptors (Lipinski definition) is 5. The maximum Gasteiger partial charge on any atom is 0.219 e. The third-order valence-corrected chi connectivity index (χ3v) is 7.07. The fourth-order valence-electron chi connectivity index (χ4n) is 2.93. The number of fused-ring (bicyclic) bond motifs is 1. The van der Waals surface area contributed by atoms with Crippen molar-refractivity contribution in [3.63, 3.8) is 0 Å². The summed E-state index contributed by atoms with van der Waals surface area (Å²) in [6, 6.07) is 1.98. The van der Waals surface area contributed by atoms with Crippen LogP contribution in [0.15, 0.2) is 31.0 Å². The first-order valence-electron chi connectivity index (χ1n) is 8.10. The van der Waals surface area contributed by atoms with Gasteiger partial charge in [-0.2, -0.15) is 9.40 Å². The van der Waals surface area contributed by atoms with E-state index in [0.29, 0.717) is 13.1 Å². The number of nitrogens with zero attached hydrogens (tertiary/aromatic N) is 5. The Morgan fingerprint density at radius 3 is 2.72 bits per heavy atom. The average Bonchev–Trinajstić information content (AvgIpc) is 3.12. The quantitative estimate of drug-likeness (QED) is 0.768. The van der Waals surface area contributed by atoms with Crippen molar-refractivity contribution in [2.45, 2.75) is 31.6 Å². The van der Waals surface area contributed by atoms with Gasteiger partial charge in [0.2, 0.25) is 10.0 Å². The lowest BCUT2D eigenvalue weighted by atomic mass is 10.1. The van der Waals surface area contributed by atoms with Gasteiger partial charge in [0.25, 0.3) is 0 Å². The van der Waals surface area contributed by atoms with E-state index in [0.717, 1.165) is 22.3 Å². The summed E-state index contributed by atoms with van der Waals surface area (Å²) in [4.78, 5) is 11.6. The van der Waals surface area contributed by atoms with E-state index in [4.69, 9.17) is 0 Å². The summed E-state index contributed by atoms with van der Waals surface area (Å²) in [5.74, 6) is 0. The maximum atomic E-state index is 12.4. The third-order valence-electron chi connectivity index (χ3n) is 4.55. The van der Waals surface area contributed by atoms with Gasteiger partial charge >= 0.3 is 0 Å². The summed E-state index contributed by atoms with van der Waals surface area (Å²) in [5.41, 5.74) is 2.49. The van der Waals surface area contributed by atoms with Crippen molar-refractivity contribution in [1.82, 2.24) is 29.0 Å². The lowest BCUT2D eigenvalue weighted by Gasteiger charge is -2.41. The molecule has 0 aliphatic carbocycles. The highest BCUT2D eigenvalue weighted by Gasteiger charge is 2.43. The predicted octanol–water partition coefficient (Wildman–Crippen LogP) is 1.81. The van der Waals surface area contributed by atoms with Gasteiger partial charge in [-0.3, -0.25) is 4.68 Å². The van der Waals surface area contributed by atoms with E-state index in [1.54, 1.807) is 27.0 Å². The van der Waals surface area contributed by atoms with Crippen molar-refractivity contribution < 1.29 is 8.42 Å². The summed E-state index contributed by atoms with van der Waals surface area (Å²) in [7, 11) is -3.28. The number of H-pyrrole nitrogens is 1. The van der Waals surface area contributed by atoms with Crippen LogP contribution in [0, 0.1) is 0 Å². The molecule has 0 bridgehead atoms. The Morgan fingerprint density at radius 1 is 1.24 bits per heavy atom. The van der Waals surface area contributed by atoms with Crippen LogP contribution < -0.4 is 0 Å². The molecule has 1 saturated heterocycles. The van der Waals surface area contributed by atoms with Crippen LogP contribution in [0.25, 0.3) is 22.3 Å². The van der Waals surface area contributed by atoms with Crippen LogP contribution in [-0.4, -0.2) is 55.3 Å². The van der Waals surface area contributed by atoms with Gasteiger partial charge in [-0.15, -0.1) is 0 Å². The molecule has 0 spiro atoms. The Labute approximate surface area is 145 Å². The highest BCUT2D eigenvalue weighted by atomic mass is 32.2. The molecule has 0 radical (unpaired) electrons. The van der Waals surface area contributed by atoms with Gasteiger partial charge in [-0.25, -0.2) is 18.4 Å². The highest BCUT2D eigenvalue weighted by molar-refractivity contribution is 7.90. The Morgan fingerprint density at radius 2 is 2.00 bits per heavy atom. The topological polar surface area (TPSA) is 96.8 Å². The van der Waals surface area contributed by atoms with E-state index in [9.17, 15) is 8.42 Å². The summed E-state index contributed by atoms with van der Waals surface area (Å²) in [6.45, 7) is 6.06. The second-order valence-corrected chi connectivity index (χ2v) is 9.95. The van der Waals surface area contributed by atoms with E-state index < -0.39 is 14.8 Å². The van der Waals surface area contributed by atoms with Crippen molar-refractivity contribution in [3.8, 4) is 11.3 Å². The molecule has 132 valence electrons. The van der Waals surface area contributed by atoms with Crippen LogP contribution in [0.5, 0.6) is 0 Å². The predicted molar refractivity (Wildman–Crippen MR) is 94.4 cm³/mol. The minimum absolute atomic E-state index is 0.0504. The van der Waals surface area contributed by atoms with Crippen LogP contribution >= 0.6 is 0 Å². The van der Waals surface area contributed by atoms with Crippen LogP contribution in [0.3, 0.4) is 0 Å². The molecule has 0 aromatic carbocycles. The van der Waals surface area contributed by atoms with Crippen molar-refractivity contribution in [3.05, 3.63) is 31.0 Å². The lowest BCUT2D eigenvalue weighted by Crippen LogP contribution is -2.55. The standard InChI is InChI=1S/C16H20N6O2S/c1-16(2,3)25(23,24)21-8-12(9-21)22-7-11(6-20-22)14-13-4-5-17-15(13)19-10-18-14/h4-7,10,12H,8-9H2,1-3H3,(H,17,18,19). The second kappa shape index (κ2) is 5.37. The maximum absolute atomic E-state index is 12.4. The van der Waals surface area contributed by atoms with Crippen LogP contribution in [0.4, 0.5) is 0 Å². The molecular weight excluding hydrogens is 340 g/mol. The second-order valence-electron chi connectivity index (χ2n) is 7.26. The van der Waals surface area contributed by atoms with E-state index in [-0.39, 0.29) is 6.04 Å². The molecule has 0 atom stereocenters. The van der Waals surface area contributed by atoms with Gasteiger partial charge in [0.05, 0.1) is 22.7 Å². The van der Waals surface area contributed by atoms with Crippen molar-refractivity contribution >= 4 is 21.1 Å². The third kappa shape index (κ3) is 2.54. The number of hydrogen-bond donors (Lipinski definition) is 1. The molecule has 4 heterocycles. The van der Waals surface area contributed by atoms with Crippen LogP contribution in [-0.2, 0) is 10.0 Å². The molecule has 1 aliphatic heterocycles. The minimum atomic E-state index is -3.28. The van der Waals surface area contributed by atoms with Gasteiger partial charge in [0.1, 0.15) is 12.0 Å². The van der Waals surface area contributed by atoms with Gasteiger partial charge < -0.3 is 4.98 Å². The zero-order valence-electron chi connectivity index (χ0n) is 14.3. The normalized spacial score (nSPS) is 17.1. The Hall–Kier alpha value is -2.26. The number of aromatic nitrogens is 5. The van der Waals surface area contributed by atoms with E-state index in [1.807, 2.05) is 23.1 Å². The van der Waals surface area contributed by atoms with Crippen molar-refractivity contribution in [2.24, 2.45) is 0 Å². The molecule has 1 aliphatic rings. The van der Waals surface area contributed by atoms with Gasteiger partial charge in [0.15, 0.2) is 0 Å². The van der Waals surface area contributed by atoms with Gasteiger partial charge in [-0.1, -0.05) is 0 Å². The summed E-state index contributed by atoms with van der Waals surface area (Å²) < 4.78 is 27.4. The molecule has 1 fully saturated rings. The summed E-state index contributed by atoms with van der Waals surface area (Å²) >= 11 is 0. The molecule has 4 rings (SSSR count). The van der Waals surface area contributed by atoms with Crippen LogP contribution in [0.2, 0.25) is 0 Å². The number of sulfonamides is 1. The highest BCUT2D eigenvalue weighted by Crippen LogP contribution is 2.31. The monoisotopic (exact) mass is 360 g/mol. The Balaban J connectivity index is 1.55. The van der Waals surface area contributed by atoms with Crippen molar-refractivity contribution in [1.29, 1.82) is 0 Å². The average molecular weight is 360 g/mol. The molecule has 9 heteroatoms.